The molecule has 1 aromatic rings. The monoisotopic (exact) mass is 352 g/mol. The van der Waals surface area contributed by atoms with Gasteiger partial charge in [0.15, 0.2) is 0 Å². The van der Waals surface area contributed by atoms with E-state index in [-0.39, 0.29) is 24.9 Å². The van der Waals surface area contributed by atoms with E-state index in [1.807, 2.05) is 13.0 Å². The Bertz CT molecular complexity index is 596. The van der Waals surface area contributed by atoms with Crippen molar-refractivity contribution in [1.82, 2.24) is 10.6 Å². The molecule has 7 nitrogen and oxygen atoms in total. The Morgan fingerprint density at radius 3 is 2.40 bits per heavy atom. The summed E-state index contributed by atoms with van der Waals surface area (Å²) in [6, 6.07) is 5.14. The van der Waals surface area contributed by atoms with Gasteiger partial charge in [-0.05, 0) is 45.9 Å². The van der Waals surface area contributed by atoms with E-state index in [9.17, 15) is 9.59 Å². The van der Waals surface area contributed by atoms with Crippen LogP contribution in [-0.2, 0) is 9.53 Å². The molecule has 0 aliphatic rings. The molecular formula is C18H28N2O5. The Morgan fingerprint density at radius 1 is 1.16 bits per heavy atom. The summed E-state index contributed by atoms with van der Waals surface area (Å²) in [5, 5.41) is 5.43. The largest absolute Gasteiger partial charge is 0.497 e. The summed E-state index contributed by atoms with van der Waals surface area (Å²) < 4.78 is 15.7. The number of amides is 2. The first kappa shape index (κ1) is 20.6. The van der Waals surface area contributed by atoms with Crippen LogP contribution in [0.1, 0.15) is 45.7 Å². The van der Waals surface area contributed by atoms with Crippen molar-refractivity contribution >= 4 is 12.0 Å². The summed E-state index contributed by atoms with van der Waals surface area (Å²) >= 11 is 0. The average Bonchev–Trinajstić information content (AvgIpc) is 2.52. The van der Waals surface area contributed by atoms with E-state index < -0.39 is 11.7 Å². The lowest BCUT2D eigenvalue weighted by molar-refractivity contribution is -0.121. The molecule has 7 heteroatoms. The van der Waals surface area contributed by atoms with Gasteiger partial charge in [0.1, 0.15) is 17.1 Å². The first-order chi connectivity index (χ1) is 11.7. The van der Waals surface area contributed by atoms with Crippen LogP contribution in [0.2, 0.25) is 0 Å². The van der Waals surface area contributed by atoms with Crippen LogP contribution in [0.15, 0.2) is 18.2 Å². The van der Waals surface area contributed by atoms with E-state index in [4.69, 9.17) is 14.2 Å². The molecule has 0 spiro atoms. The van der Waals surface area contributed by atoms with Gasteiger partial charge in [-0.25, -0.2) is 4.79 Å². The Hall–Kier alpha value is -2.44. The lowest BCUT2D eigenvalue weighted by Gasteiger charge is -2.20. The molecular weight excluding hydrogens is 324 g/mol. The molecule has 0 bridgehead atoms. The summed E-state index contributed by atoms with van der Waals surface area (Å²) in [5.74, 6) is 1.16. The number of benzene rings is 1. The number of ether oxygens (including phenoxy) is 3. The van der Waals surface area contributed by atoms with Crippen molar-refractivity contribution in [2.24, 2.45) is 0 Å². The molecule has 0 aromatic heterocycles. The number of hydrogen-bond acceptors (Lipinski definition) is 5. The topological polar surface area (TPSA) is 85.9 Å². The third-order valence-corrected chi connectivity index (χ3v) is 3.30. The third-order valence-electron chi connectivity index (χ3n) is 3.30. The highest BCUT2D eigenvalue weighted by Crippen LogP contribution is 2.29. The van der Waals surface area contributed by atoms with Gasteiger partial charge in [0.2, 0.25) is 5.91 Å². The van der Waals surface area contributed by atoms with Crippen LogP contribution in [-0.4, -0.2) is 38.4 Å². The van der Waals surface area contributed by atoms with Gasteiger partial charge in [-0.2, -0.15) is 0 Å². The minimum Gasteiger partial charge on any atom is -0.497 e. The zero-order valence-electron chi connectivity index (χ0n) is 15.8. The second-order valence-electron chi connectivity index (χ2n) is 6.58. The fraction of sp³-hybridized carbons (Fsp3) is 0.556. The van der Waals surface area contributed by atoms with Crippen molar-refractivity contribution in [3.8, 4) is 11.5 Å². The van der Waals surface area contributed by atoms with Gasteiger partial charge in [0, 0.05) is 18.5 Å². The minimum absolute atomic E-state index is 0.149. The van der Waals surface area contributed by atoms with Crippen LogP contribution in [0.4, 0.5) is 4.79 Å². The lowest BCUT2D eigenvalue weighted by Crippen LogP contribution is -2.35. The summed E-state index contributed by atoms with van der Waals surface area (Å²) in [6.45, 7) is 7.40. The summed E-state index contributed by atoms with van der Waals surface area (Å²) in [4.78, 5) is 23.6. The summed E-state index contributed by atoms with van der Waals surface area (Å²) in [5.41, 5.74) is 0.249. The maximum Gasteiger partial charge on any atom is 0.407 e. The van der Waals surface area contributed by atoms with Gasteiger partial charge in [-0.15, -0.1) is 0 Å². The first-order valence-electron chi connectivity index (χ1n) is 8.14. The Morgan fingerprint density at radius 2 is 1.84 bits per heavy atom. The average molecular weight is 352 g/mol. The standard InChI is InChI=1S/C18H28N2O5/c1-12(14-11-13(23-5)7-8-15(14)24-6)20-16(21)9-10-19-17(22)25-18(2,3)4/h7-8,11-12H,9-10H2,1-6H3,(H,19,22)(H,20,21)/t12-/m0/s1. The molecule has 2 N–H and O–H groups in total. The molecule has 1 aromatic carbocycles. The molecule has 0 saturated heterocycles. The van der Waals surface area contributed by atoms with Gasteiger partial charge in [0.25, 0.3) is 0 Å². The highest BCUT2D eigenvalue weighted by molar-refractivity contribution is 5.77. The molecule has 1 atom stereocenters. The predicted octanol–water partition coefficient (Wildman–Crippen LogP) is 2.80. The molecule has 0 saturated carbocycles. The zero-order chi connectivity index (χ0) is 19.0. The Labute approximate surface area is 149 Å². The SMILES string of the molecule is COc1ccc(OC)c([C@H](C)NC(=O)CCNC(=O)OC(C)(C)C)c1. The van der Waals surface area contributed by atoms with Crippen molar-refractivity contribution in [3.63, 3.8) is 0 Å². The predicted molar refractivity (Wildman–Crippen MR) is 95.0 cm³/mol. The number of alkyl carbamates (subject to hydrolysis) is 1. The van der Waals surface area contributed by atoms with E-state index in [1.54, 1.807) is 47.1 Å². The number of carbonyl (C=O) groups excluding carboxylic acids is 2. The summed E-state index contributed by atoms with van der Waals surface area (Å²) in [6.07, 6.45) is -0.390. The van der Waals surface area contributed by atoms with Crippen LogP contribution in [0.25, 0.3) is 0 Å². The molecule has 25 heavy (non-hydrogen) atoms. The quantitative estimate of drug-likeness (QED) is 0.788. The van der Waals surface area contributed by atoms with Gasteiger partial charge in [-0.3, -0.25) is 4.79 Å². The molecule has 0 aliphatic carbocycles. The number of nitrogens with one attached hydrogen (secondary N) is 2. The van der Waals surface area contributed by atoms with E-state index in [0.29, 0.717) is 11.5 Å². The number of hydrogen-bond donors (Lipinski definition) is 2. The lowest BCUT2D eigenvalue weighted by atomic mass is 10.1. The van der Waals surface area contributed by atoms with Gasteiger partial charge < -0.3 is 24.8 Å². The highest BCUT2D eigenvalue weighted by Gasteiger charge is 2.17. The van der Waals surface area contributed by atoms with Crippen molar-refractivity contribution < 1.29 is 23.8 Å². The van der Waals surface area contributed by atoms with Crippen molar-refractivity contribution in [1.29, 1.82) is 0 Å². The van der Waals surface area contributed by atoms with Crippen LogP contribution >= 0.6 is 0 Å². The summed E-state index contributed by atoms with van der Waals surface area (Å²) in [7, 11) is 3.15. The fourth-order valence-electron chi connectivity index (χ4n) is 2.16. The molecule has 1 rings (SSSR count). The normalized spacial score (nSPS) is 12.1. The van der Waals surface area contributed by atoms with Gasteiger partial charge >= 0.3 is 6.09 Å². The highest BCUT2D eigenvalue weighted by atomic mass is 16.6. The smallest absolute Gasteiger partial charge is 0.407 e. The Balaban J connectivity index is 2.53. The maximum atomic E-state index is 12.1. The van der Waals surface area contributed by atoms with Crippen LogP contribution < -0.4 is 20.1 Å². The third kappa shape index (κ3) is 7.32. The minimum atomic E-state index is -0.566. The number of carbonyl (C=O) groups is 2. The van der Waals surface area contributed by atoms with Crippen LogP contribution in [0.5, 0.6) is 11.5 Å². The molecule has 0 heterocycles. The van der Waals surface area contributed by atoms with Crippen molar-refractivity contribution in [2.75, 3.05) is 20.8 Å². The van der Waals surface area contributed by atoms with E-state index in [0.717, 1.165) is 5.56 Å². The number of methoxy groups -OCH3 is 2. The van der Waals surface area contributed by atoms with Crippen LogP contribution in [0, 0.1) is 0 Å². The molecule has 2 amide bonds. The molecule has 0 unspecified atom stereocenters. The van der Waals surface area contributed by atoms with Gasteiger partial charge in [-0.1, -0.05) is 0 Å². The van der Waals surface area contributed by atoms with E-state index in [2.05, 4.69) is 10.6 Å². The zero-order valence-corrected chi connectivity index (χ0v) is 15.8. The van der Waals surface area contributed by atoms with Crippen molar-refractivity contribution in [2.45, 2.75) is 45.8 Å². The first-order valence-corrected chi connectivity index (χ1v) is 8.14. The van der Waals surface area contributed by atoms with Gasteiger partial charge in [0.05, 0.1) is 20.3 Å². The molecule has 0 aliphatic heterocycles. The molecule has 0 radical (unpaired) electrons. The van der Waals surface area contributed by atoms with E-state index in [1.165, 1.54) is 0 Å². The maximum absolute atomic E-state index is 12.1. The van der Waals surface area contributed by atoms with Crippen molar-refractivity contribution in [3.05, 3.63) is 23.8 Å². The second kappa shape index (κ2) is 9.15. The Kier molecular flexibility index (Phi) is 7.54. The van der Waals surface area contributed by atoms with Crippen LogP contribution in [0.3, 0.4) is 0 Å². The molecule has 140 valence electrons. The number of rotatable bonds is 7. The second-order valence-corrected chi connectivity index (χ2v) is 6.58. The fourth-order valence-corrected chi connectivity index (χ4v) is 2.16. The molecule has 0 fully saturated rings. The van der Waals surface area contributed by atoms with E-state index >= 15 is 0 Å².